The van der Waals surface area contributed by atoms with Gasteiger partial charge in [-0.05, 0) is 12.3 Å². The minimum atomic E-state index is -0.793. The van der Waals surface area contributed by atoms with Gasteiger partial charge >= 0.3 is 5.97 Å². The van der Waals surface area contributed by atoms with E-state index in [9.17, 15) is 4.79 Å². The smallest absolute Gasteiger partial charge is 0.304 e. The number of rotatable bonds is 11. The van der Waals surface area contributed by atoms with E-state index in [1.807, 2.05) is 0 Å². The van der Waals surface area contributed by atoms with Crippen LogP contribution in [0.2, 0.25) is 0 Å². The fraction of sp³-hybridized carbons (Fsp3) is 0.929. The van der Waals surface area contributed by atoms with E-state index >= 15 is 0 Å². The van der Waals surface area contributed by atoms with Crippen LogP contribution in [0.5, 0.6) is 0 Å². The topological polar surface area (TPSA) is 37.3 Å². The Hall–Kier alpha value is -0.240. The van der Waals surface area contributed by atoms with E-state index in [1.54, 1.807) is 0 Å². The minimum absolute atomic E-state index is 0.0932. The second-order valence-corrected chi connectivity index (χ2v) is 5.90. The number of carboxylic acids is 1. The third kappa shape index (κ3) is 13.7. The van der Waals surface area contributed by atoms with Crippen LogP contribution in [-0.4, -0.2) is 16.5 Å². The van der Waals surface area contributed by atoms with Gasteiger partial charge in [-0.15, -0.1) is 11.6 Å². The van der Waals surface area contributed by atoms with Gasteiger partial charge < -0.3 is 5.11 Å². The van der Waals surface area contributed by atoms with Gasteiger partial charge in [0.2, 0.25) is 0 Å². The quantitative estimate of drug-likeness (QED) is 0.427. The Kier molecular flexibility index (Phi) is 10.7. The molecular weight excluding hydrogens is 236 g/mol. The lowest BCUT2D eigenvalue weighted by atomic mass is 10.0. The summed E-state index contributed by atoms with van der Waals surface area (Å²) in [7, 11) is 0. The third-order valence-electron chi connectivity index (χ3n) is 2.94. The lowest BCUT2D eigenvalue weighted by molar-refractivity contribution is -0.137. The summed E-state index contributed by atoms with van der Waals surface area (Å²) in [6.07, 6.45) is 9.74. The van der Waals surface area contributed by atoms with Crippen LogP contribution in [-0.2, 0) is 4.79 Å². The molecule has 1 atom stereocenters. The largest absolute Gasteiger partial charge is 0.481 e. The number of hydrogen-bond donors (Lipinski definition) is 1. The molecule has 0 spiro atoms. The molecule has 0 aromatic heterocycles. The molecule has 0 rings (SSSR count). The number of alkyl halides is 1. The van der Waals surface area contributed by atoms with Crippen molar-refractivity contribution in [2.75, 3.05) is 0 Å². The van der Waals surface area contributed by atoms with Gasteiger partial charge in [-0.2, -0.15) is 0 Å². The molecule has 0 radical (unpaired) electrons. The second-order valence-electron chi connectivity index (χ2n) is 5.29. The molecule has 0 aliphatic carbocycles. The molecule has 3 heteroatoms. The van der Waals surface area contributed by atoms with Crippen molar-refractivity contribution >= 4 is 17.6 Å². The average Bonchev–Trinajstić information content (AvgIpc) is 2.20. The summed E-state index contributed by atoms with van der Waals surface area (Å²) in [4.78, 5) is 10.4. The molecule has 1 unspecified atom stereocenters. The van der Waals surface area contributed by atoms with Crippen LogP contribution in [0, 0.1) is 5.92 Å². The molecule has 102 valence electrons. The molecule has 17 heavy (non-hydrogen) atoms. The fourth-order valence-corrected chi connectivity index (χ4v) is 2.20. The standard InChI is InChI=1S/C14H27ClO2/c1-12(2)9-7-5-3-4-6-8-10-13(15)11-14(16)17/h12-13H,3-11H2,1-2H3,(H,16,17). The molecule has 0 aromatic carbocycles. The molecule has 0 aromatic rings. The van der Waals surface area contributed by atoms with Crippen LogP contribution in [0.3, 0.4) is 0 Å². The number of unbranched alkanes of at least 4 members (excludes halogenated alkanes) is 5. The minimum Gasteiger partial charge on any atom is -0.481 e. The first-order chi connectivity index (χ1) is 8.02. The Balaban J connectivity index is 3.15. The lowest BCUT2D eigenvalue weighted by Crippen LogP contribution is -2.06. The monoisotopic (exact) mass is 262 g/mol. The van der Waals surface area contributed by atoms with Gasteiger partial charge in [-0.3, -0.25) is 4.79 Å². The average molecular weight is 263 g/mol. The molecule has 1 N–H and O–H groups in total. The van der Waals surface area contributed by atoms with Crippen molar-refractivity contribution in [1.82, 2.24) is 0 Å². The Morgan fingerprint density at radius 1 is 1.00 bits per heavy atom. The van der Waals surface area contributed by atoms with Gasteiger partial charge in [0, 0.05) is 5.38 Å². The summed E-state index contributed by atoms with van der Waals surface area (Å²) in [6, 6.07) is 0. The SMILES string of the molecule is CC(C)CCCCCCCCC(Cl)CC(=O)O. The van der Waals surface area contributed by atoms with Crippen molar-refractivity contribution in [1.29, 1.82) is 0 Å². The van der Waals surface area contributed by atoms with E-state index in [0.717, 1.165) is 18.8 Å². The predicted molar refractivity (Wildman–Crippen MR) is 73.7 cm³/mol. The Morgan fingerprint density at radius 2 is 1.47 bits per heavy atom. The lowest BCUT2D eigenvalue weighted by Gasteiger charge is -2.06. The molecule has 0 amide bonds. The molecule has 0 aliphatic heterocycles. The zero-order valence-corrected chi connectivity index (χ0v) is 12.0. The number of hydrogen-bond acceptors (Lipinski definition) is 1. The first-order valence-corrected chi connectivity index (χ1v) is 7.32. The van der Waals surface area contributed by atoms with Crippen LogP contribution in [0.25, 0.3) is 0 Å². The van der Waals surface area contributed by atoms with E-state index in [0.29, 0.717) is 0 Å². The summed E-state index contributed by atoms with van der Waals surface area (Å²) in [5.74, 6) is 0.0294. The second kappa shape index (κ2) is 10.9. The summed E-state index contributed by atoms with van der Waals surface area (Å²) in [6.45, 7) is 4.53. The first-order valence-electron chi connectivity index (χ1n) is 6.88. The van der Waals surface area contributed by atoms with Gasteiger partial charge in [-0.25, -0.2) is 0 Å². The number of carboxylic acid groups (broad SMARTS) is 1. The van der Waals surface area contributed by atoms with E-state index in [2.05, 4.69) is 13.8 Å². The van der Waals surface area contributed by atoms with E-state index in [1.165, 1.54) is 38.5 Å². The molecule has 0 heterocycles. The first kappa shape index (κ1) is 16.8. The maximum Gasteiger partial charge on any atom is 0.304 e. The van der Waals surface area contributed by atoms with E-state index in [4.69, 9.17) is 16.7 Å². The zero-order valence-electron chi connectivity index (χ0n) is 11.3. The Bertz CT molecular complexity index is 193. The molecular formula is C14H27ClO2. The van der Waals surface area contributed by atoms with Gasteiger partial charge in [-0.1, -0.05) is 58.8 Å². The predicted octanol–water partition coefficient (Wildman–Crippen LogP) is 4.85. The van der Waals surface area contributed by atoms with Crippen LogP contribution in [0.1, 0.15) is 71.6 Å². The van der Waals surface area contributed by atoms with Crippen LogP contribution in [0.15, 0.2) is 0 Å². The van der Waals surface area contributed by atoms with Crippen molar-refractivity contribution in [3.63, 3.8) is 0 Å². The van der Waals surface area contributed by atoms with Crippen molar-refractivity contribution in [2.24, 2.45) is 5.92 Å². The van der Waals surface area contributed by atoms with Gasteiger partial charge in [0.05, 0.1) is 6.42 Å². The summed E-state index contributed by atoms with van der Waals surface area (Å²) in [5.41, 5.74) is 0. The number of carbonyl (C=O) groups is 1. The highest BCUT2D eigenvalue weighted by molar-refractivity contribution is 6.21. The van der Waals surface area contributed by atoms with Gasteiger partial charge in [0.15, 0.2) is 0 Å². The highest BCUT2D eigenvalue weighted by atomic mass is 35.5. The zero-order chi connectivity index (χ0) is 13.1. The number of aliphatic carboxylic acids is 1. The van der Waals surface area contributed by atoms with Crippen LogP contribution in [0.4, 0.5) is 0 Å². The van der Waals surface area contributed by atoms with Gasteiger partial charge in [0.1, 0.15) is 0 Å². The van der Waals surface area contributed by atoms with Crippen molar-refractivity contribution in [2.45, 2.75) is 77.0 Å². The molecule has 0 aliphatic rings. The Labute approximate surface area is 111 Å². The summed E-state index contributed by atoms with van der Waals surface area (Å²) >= 11 is 5.89. The van der Waals surface area contributed by atoms with Gasteiger partial charge in [0.25, 0.3) is 0 Å². The highest BCUT2D eigenvalue weighted by Gasteiger charge is 2.08. The molecule has 0 fully saturated rings. The summed E-state index contributed by atoms with van der Waals surface area (Å²) in [5, 5.41) is 8.36. The molecule has 0 saturated carbocycles. The molecule has 0 bridgehead atoms. The molecule has 2 nitrogen and oxygen atoms in total. The maximum absolute atomic E-state index is 10.4. The number of halogens is 1. The van der Waals surface area contributed by atoms with E-state index in [-0.39, 0.29) is 11.8 Å². The van der Waals surface area contributed by atoms with Crippen LogP contribution < -0.4 is 0 Å². The summed E-state index contributed by atoms with van der Waals surface area (Å²) < 4.78 is 0. The van der Waals surface area contributed by atoms with Crippen molar-refractivity contribution in [3.05, 3.63) is 0 Å². The van der Waals surface area contributed by atoms with Crippen molar-refractivity contribution < 1.29 is 9.90 Å². The van der Waals surface area contributed by atoms with Crippen molar-refractivity contribution in [3.8, 4) is 0 Å². The normalized spacial score (nSPS) is 12.9. The van der Waals surface area contributed by atoms with Crippen LogP contribution >= 0.6 is 11.6 Å². The maximum atomic E-state index is 10.4. The highest BCUT2D eigenvalue weighted by Crippen LogP contribution is 2.15. The molecule has 0 saturated heterocycles. The third-order valence-corrected chi connectivity index (χ3v) is 3.32. The Morgan fingerprint density at radius 3 is 1.94 bits per heavy atom. The van der Waals surface area contributed by atoms with E-state index < -0.39 is 5.97 Å². The fourth-order valence-electron chi connectivity index (χ4n) is 1.92.